The van der Waals surface area contributed by atoms with Crippen LogP contribution in [0.4, 0.5) is 4.79 Å². The standard InChI is InChI=1S/C14H24N2O5/c1-15(8-3-4-13(19)21-2)14(20)16-9-7-11(10-16)5-6-12(17)18/h11H,3-10H2,1-2H3,(H,17,18). The van der Waals surface area contributed by atoms with Crippen LogP contribution in [0.1, 0.15) is 32.1 Å². The molecule has 0 spiro atoms. The average Bonchev–Trinajstić information content (AvgIpc) is 2.92. The molecule has 0 aliphatic carbocycles. The third-order valence-corrected chi connectivity index (χ3v) is 3.75. The van der Waals surface area contributed by atoms with E-state index in [2.05, 4.69) is 4.74 Å². The number of urea groups is 1. The molecule has 1 N–H and O–H groups in total. The van der Waals surface area contributed by atoms with E-state index >= 15 is 0 Å². The molecule has 0 aromatic rings. The zero-order valence-corrected chi connectivity index (χ0v) is 12.7. The molecule has 21 heavy (non-hydrogen) atoms. The van der Waals surface area contributed by atoms with Crippen LogP contribution < -0.4 is 0 Å². The Hall–Kier alpha value is -1.79. The quantitative estimate of drug-likeness (QED) is 0.713. The molecule has 0 aromatic heterocycles. The molecule has 1 saturated heterocycles. The van der Waals surface area contributed by atoms with Gasteiger partial charge < -0.3 is 19.6 Å². The highest BCUT2D eigenvalue weighted by atomic mass is 16.5. The van der Waals surface area contributed by atoms with Gasteiger partial charge in [-0.25, -0.2) is 4.79 Å². The van der Waals surface area contributed by atoms with Crippen LogP contribution in [-0.4, -0.2) is 66.7 Å². The summed E-state index contributed by atoms with van der Waals surface area (Å²) in [5.41, 5.74) is 0. The topological polar surface area (TPSA) is 87.2 Å². The Labute approximate surface area is 124 Å². The number of likely N-dealkylation sites (tertiary alicyclic amines) is 1. The molecule has 0 saturated carbocycles. The third kappa shape index (κ3) is 6.01. The molecule has 0 aromatic carbocycles. The molecule has 1 heterocycles. The predicted molar refractivity (Wildman–Crippen MR) is 75.8 cm³/mol. The number of nitrogens with zero attached hydrogens (tertiary/aromatic N) is 2. The third-order valence-electron chi connectivity index (χ3n) is 3.75. The number of carbonyl (C=O) groups excluding carboxylic acids is 2. The summed E-state index contributed by atoms with van der Waals surface area (Å²) in [6.45, 7) is 1.79. The first-order valence-corrected chi connectivity index (χ1v) is 7.22. The smallest absolute Gasteiger partial charge is 0.319 e. The number of hydrogen-bond donors (Lipinski definition) is 1. The number of carboxylic acid groups (broad SMARTS) is 1. The molecule has 1 aliphatic rings. The minimum atomic E-state index is -0.792. The summed E-state index contributed by atoms with van der Waals surface area (Å²) < 4.78 is 4.55. The van der Waals surface area contributed by atoms with E-state index in [1.54, 1.807) is 16.8 Å². The van der Waals surface area contributed by atoms with Crippen LogP contribution in [0.5, 0.6) is 0 Å². The van der Waals surface area contributed by atoms with E-state index in [1.807, 2.05) is 0 Å². The van der Waals surface area contributed by atoms with Gasteiger partial charge in [0, 0.05) is 39.5 Å². The molecular weight excluding hydrogens is 276 g/mol. The second-order valence-electron chi connectivity index (χ2n) is 5.42. The Morgan fingerprint density at radius 2 is 2.05 bits per heavy atom. The number of esters is 1. The highest BCUT2D eigenvalue weighted by Gasteiger charge is 2.28. The van der Waals surface area contributed by atoms with Crippen molar-refractivity contribution in [1.29, 1.82) is 0 Å². The SMILES string of the molecule is COC(=O)CCCN(C)C(=O)N1CCC(CCC(=O)O)C1. The highest BCUT2D eigenvalue weighted by Crippen LogP contribution is 2.21. The Kier molecular flexibility index (Phi) is 6.98. The van der Waals surface area contributed by atoms with E-state index in [1.165, 1.54) is 7.11 Å². The number of rotatable bonds is 7. The predicted octanol–water partition coefficient (Wildman–Crippen LogP) is 1.18. The molecule has 1 fully saturated rings. The second-order valence-corrected chi connectivity index (χ2v) is 5.42. The molecule has 1 atom stereocenters. The van der Waals surface area contributed by atoms with Gasteiger partial charge in [0.05, 0.1) is 7.11 Å². The van der Waals surface area contributed by atoms with Gasteiger partial charge in [0.1, 0.15) is 0 Å². The summed E-state index contributed by atoms with van der Waals surface area (Å²) >= 11 is 0. The number of aliphatic carboxylic acids is 1. The maximum atomic E-state index is 12.2. The number of hydrogen-bond acceptors (Lipinski definition) is 4. The Morgan fingerprint density at radius 3 is 2.67 bits per heavy atom. The van der Waals surface area contributed by atoms with Crippen LogP contribution in [0.15, 0.2) is 0 Å². The van der Waals surface area contributed by atoms with Crippen molar-refractivity contribution in [2.45, 2.75) is 32.1 Å². The fraction of sp³-hybridized carbons (Fsp3) is 0.786. The average molecular weight is 300 g/mol. The van der Waals surface area contributed by atoms with Gasteiger partial charge in [0.2, 0.25) is 0 Å². The van der Waals surface area contributed by atoms with E-state index in [0.29, 0.717) is 38.9 Å². The molecule has 2 amide bonds. The van der Waals surface area contributed by atoms with Gasteiger partial charge in [-0.15, -0.1) is 0 Å². The fourth-order valence-electron chi connectivity index (χ4n) is 2.47. The molecule has 0 bridgehead atoms. The minimum Gasteiger partial charge on any atom is -0.481 e. The summed E-state index contributed by atoms with van der Waals surface area (Å²) in [6, 6.07) is -0.0577. The van der Waals surface area contributed by atoms with Crippen molar-refractivity contribution in [3.63, 3.8) is 0 Å². The molecule has 0 radical (unpaired) electrons. The zero-order chi connectivity index (χ0) is 15.8. The van der Waals surface area contributed by atoms with Crippen LogP contribution >= 0.6 is 0 Å². The molecule has 1 rings (SSSR count). The van der Waals surface area contributed by atoms with Gasteiger partial charge >= 0.3 is 18.0 Å². The summed E-state index contributed by atoms with van der Waals surface area (Å²) in [6.07, 6.45) is 2.50. The molecule has 1 aliphatic heterocycles. The van der Waals surface area contributed by atoms with E-state index < -0.39 is 5.97 Å². The van der Waals surface area contributed by atoms with E-state index in [-0.39, 0.29) is 24.3 Å². The number of ether oxygens (including phenoxy) is 1. The summed E-state index contributed by atoms with van der Waals surface area (Å²) in [5, 5.41) is 8.67. The van der Waals surface area contributed by atoms with Crippen molar-refractivity contribution < 1.29 is 24.2 Å². The number of amides is 2. The zero-order valence-electron chi connectivity index (χ0n) is 12.7. The first-order valence-electron chi connectivity index (χ1n) is 7.22. The lowest BCUT2D eigenvalue weighted by Gasteiger charge is -2.24. The van der Waals surface area contributed by atoms with Crippen molar-refractivity contribution >= 4 is 18.0 Å². The van der Waals surface area contributed by atoms with E-state index in [4.69, 9.17) is 5.11 Å². The van der Waals surface area contributed by atoms with Gasteiger partial charge in [-0.05, 0) is 25.2 Å². The van der Waals surface area contributed by atoms with Gasteiger partial charge in [-0.3, -0.25) is 9.59 Å². The Morgan fingerprint density at radius 1 is 1.33 bits per heavy atom. The highest BCUT2D eigenvalue weighted by molar-refractivity contribution is 5.74. The molecule has 120 valence electrons. The van der Waals surface area contributed by atoms with Crippen molar-refractivity contribution in [1.82, 2.24) is 9.80 Å². The molecule has 7 nitrogen and oxygen atoms in total. The second kappa shape index (κ2) is 8.49. The normalized spacial score (nSPS) is 17.6. The number of carbonyl (C=O) groups is 3. The first kappa shape index (κ1) is 17.3. The molecular formula is C14H24N2O5. The van der Waals surface area contributed by atoms with Crippen LogP contribution in [0.3, 0.4) is 0 Å². The minimum absolute atomic E-state index is 0.0577. The number of carboxylic acids is 1. The fourth-order valence-corrected chi connectivity index (χ4v) is 2.47. The molecule has 1 unspecified atom stereocenters. The lowest BCUT2D eigenvalue weighted by molar-refractivity contribution is -0.141. The maximum absolute atomic E-state index is 12.2. The summed E-state index contributed by atoms with van der Waals surface area (Å²) in [4.78, 5) is 37.1. The lowest BCUT2D eigenvalue weighted by Crippen LogP contribution is -2.40. The lowest BCUT2D eigenvalue weighted by atomic mass is 10.0. The van der Waals surface area contributed by atoms with E-state index in [0.717, 1.165) is 6.42 Å². The Bertz CT molecular complexity index is 386. The maximum Gasteiger partial charge on any atom is 0.319 e. The molecule has 7 heteroatoms. The van der Waals surface area contributed by atoms with E-state index in [9.17, 15) is 14.4 Å². The van der Waals surface area contributed by atoms with Crippen LogP contribution in [-0.2, 0) is 14.3 Å². The summed E-state index contributed by atoms with van der Waals surface area (Å²) in [7, 11) is 3.06. The number of methoxy groups -OCH3 is 1. The monoisotopic (exact) mass is 300 g/mol. The largest absolute Gasteiger partial charge is 0.481 e. The van der Waals surface area contributed by atoms with Crippen molar-refractivity contribution in [2.24, 2.45) is 5.92 Å². The van der Waals surface area contributed by atoms with Crippen LogP contribution in [0, 0.1) is 5.92 Å². The van der Waals surface area contributed by atoms with Crippen LogP contribution in [0.2, 0.25) is 0 Å². The van der Waals surface area contributed by atoms with Gasteiger partial charge in [-0.2, -0.15) is 0 Å². The van der Waals surface area contributed by atoms with Gasteiger partial charge in [-0.1, -0.05) is 0 Å². The van der Waals surface area contributed by atoms with Crippen molar-refractivity contribution in [2.75, 3.05) is 33.8 Å². The van der Waals surface area contributed by atoms with Gasteiger partial charge in [0.25, 0.3) is 0 Å². The van der Waals surface area contributed by atoms with Gasteiger partial charge in [0.15, 0.2) is 0 Å². The van der Waals surface area contributed by atoms with Crippen LogP contribution in [0.25, 0.3) is 0 Å². The first-order chi connectivity index (χ1) is 9.93. The van der Waals surface area contributed by atoms with Crippen molar-refractivity contribution in [3.8, 4) is 0 Å². The van der Waals surface area contributed by atoms with Crippen molar-refractivity contribution in [3.05, 3.63) is 0 Å². The summed E-state index contributed by atoms with van der Waals surface area (Å²) in [5.74, 6) is -0.793. The Balaban J connectivity index is 2.28.